The van der Waals surface area contributed by atoms with E-state index in [1.807, 2.05) is 0 Å². The predicted molar refractivity (Wildman–Crippen MR) is 76.0 cm³/mol. The van der Waals surface area contributed by atoms with Crippen molar-refractivity contribution in [2.45, 2.75) is 4.90 Å². The van der Waals surface area contributed by atoms with Crippen molar-refractivity contribution in [1.29, 1.82) is 0 Å². The molecular weight excluding hydrogens is 331 g/mol. The fourth-order valence-corrected chi connectivity index (χ4v) is 2.66. The lowest BCUT2D eigenvalue weighted by Gasteiger charge is -2.09. The number of hydrogen-bond donors (Lipinski definition) is 0. The van der Waals surface area contributed by atoms with Crippen molar-refractivity contribution in [3.05, 3.63) is 52.5 Å². The number of ether oxygens (including phenoxy) is 1. The molecule has 7 heteroatoms. The van der Waals surface area contributed by atoms with Gasteiger partial charge < -0.3 is 4.74 Å². The van der Waals surface area contributed by atoms with E-state index in [-0.39, 0.29) is 10.6 Å². The lowest BCUT2D eigenvalue weighted by molar-refractivity contribution is 0.468. The van der Waals surface area contributed by atoms with Crippen molar-refractivity contribution in [1.82, 2.24) is 0 Å². The van der Waals surface area contributed by atoms with Crippen LogP contribution in [0.4, 0.5) is 0 Å². The zero-order chi connectivity index (χ0) is 14.0. The Morgan fingerprint density at radius 3 is 2.26 bits per heavy atom. The normalized spacial score (nSPS) is 11.3. The first-order chi connectivity index (χ1) is 8.88. The van der Waals surface area contributed by atoms with Gasteiger partial charge in [0.15, 0.2) is 0 Å². The highest BCUT2D eigenvalue weighted by molar-refractivity contribution is 8.13. The SMILES string of the molecule is O=S(=O)(Cl)c1ccccc1Oc1ccc(Cl)c(Cl)c1. The van der Waals surface area contributed by atoms with Gasteiger partial charge in [0.2, 0.25) is 0 Å². The summed E-state index contributed by atoms with van der Waals surface area (Å²) in [6.07, 6.45) is 0. The van der Waals surface area contributed by atoms with Crippen LogP contribution >= 0.6 is 33.9 Å². The molecule has 3 nitrogen and oxygen atoms in total. The van der Waals surface area contributed by atoms with Gasteiger partial charge in [-0.2, -0.15) is 0 Å². The third-order valence-electron chi connectivity index (χ3n) is 2.23. The summed E-state index contributed by atoms with van der Waals surface area (Å²) in [5, 5.41) is 0.692. The number of rotatable bonds is 3. The molecular formula is C12H7Cl3O3S. The average molecular weight is 338 g/mol. The van der Waals surface area contributed by atoms with Crippen LogP contribution in [-0.2, 0) is 9.05 Å². The van der Waals surface area contributed by atoms with Crippen LogP contribution in [0.3, 0.4) is 0 Å². The molecule has 2 aromatic rings. The zero-order valence-corrected chi connectivity index (χ0v) is 12.4. The molecule has 0 fully saturated rings. The summed E-state index contributed by atoms with van der Waals surface area (Å²) in [6.45, 7) is 0. The highest BCUT2D eigenvalue weighted by Gasteiger charge is 2.16. The summed E-state index contributed by atoms with van der Waals surface area (Å²) in [6, 6.07) is 10.7. The fraction of sp³-hybridized carbons (Fsp3) is 0. The molecule has 2 aromatic carbocycles. The molecule has 0 radical (unpaired) electrons. The van der Waals surface area contributed by atoms with Crippen molar-refractivity contribution in [3.63, 3.8) is 0 Å². The average Bonchev–Trinajstić information content (AvgIpc) is 2.33. The van der Waals surface area contributed by atoms with E-state index in [2.05, 4.69) is 0 Å². The van der Waals surface area contributed by atoms with Crippen LogP contribution in [0.25, 0.3) is 0 Å². The van der Waals surface area contributed by atoms with E-state index in [0.29, 0.717) is 15.8 Å². The first-order valence-corrected chi connectivity index (χ1v) is 8.11. The Labute approximate surface area is 125 Å². The third-order valence-corrected chi connectivity index (χ3v) is 4.33. The van der Waals surface area contributed by atoms with Crippen LogP contribution in [-0.4, -0.2) is 8.42 Å². The van der Waals surface area contributed by atoms with Gasteiger partial charge in [0, 0.05) is 16.7 Å². The van der Waals surface area contributed by atoms with Gasteiger partial charge in [0.25, 0.3) is 9.05 Å². The topological polar surface area (TPSA) is 43.4 Å². The fourth-order valence-electron chi connectivity index (χ4n) is 1.40. The molecule has 2 rings (SSSR count). The van der Waals surface area contributed by atoms with E-state index >= 15 is 0 Å². The third kappa shape index (κ3) is 3.54. The summed E-state index contributed by atoms with van der Waals surface area (Å²) in [5.41, 5.74) is 0. The predicted octanol–water partition coefficient (Wildman–Crippen LogP) is 4.71. The summed E-state index contributed by atoms with van der Waals surface area (Å²) in [5.74, 6) is 0.484. The lowest BCUT2D eigenvalue weighted by Crippen LogP contribution is -1.95. The van der Waals surface area contributed by atoms with Crippen LogP contribution < -0.4 is 4.74 Å². The van der Waals surface area contributed by atoms with Gasteiger partial charge in [0.05, 0.1) is 10.0 Å². The van der Waals surface area contributed by atoms with E-state index in [0.717, 1.165) is 0 Å². The maximum atomic E-state index is 11.4. The number of halogens is 3. The molecule has 19 heavy (non-hydrogen) atoms. The van der Waals surface area contributed by atoms with Crippen molar-refractivity contribution in [2.75, 3.05) is 0 Å². The highest BCUT2D eigenvalue weighted by Crippen LogP contribution is 2.33. The molecule has 0 bridgehead atoms. The zero-order valence-electron chi connectivity index (χ0n) is 9.31. The molecule has 0 saturated carbocycles. The molecule has 0 spiro atoms. The number of benzene rings is 2. The van der Waals surface area contributed by atoms with E-state index in [1.165, 1.54) is 18.2 Å². The van der Waals surface area contributed by atoms with Gasteiger partial charge in [-0.25, -0.2) is 8.42 Å². The molecule has 0 unspecified atom stereocenters. The maximum Gasteiger partial charge on any atom is 0.265 e. The monoisotopic (exact) mass is 336 g/mol. The maximum absolute atomic E-state index is 11.4. The van der Waals surface area contributed by atoms with Gasteiger partial charge in [-0.3, -0.25) is 0 Å². The quantitative estimate of drug-likeness (QED) is 0.762. The minimum Gasteiger partial charge on any atom is -0.456 e. The van der Waals surface area contributed by atoms with Crippen LogP contribution in [0.2, 0.25) is 10.0 Å². The molecule has 0 aliphatic carbocycles. The van der Waals surface area contributed by atoms with E-state index < -0.39 is 9.05 Å². The second kappa shape index (κ2) is 5.59. The first-order valence-electron chi connectivity index (χ1n) is 5.04. The van der Waals surface area contributed by atoms with Gasteiger partial charge in [0.1, 0.15) is 16.4 Å². The van der Waals surface area contributed by atoms with Gasteiger partial charge >= 0.3 is 0 Å². The molecule has 0 saturated heterocycles. The van der Waals surface area contributed by atoms with E-state index in [4.69, 9.17) is 38.6 Å². The Morgan fingerprint density at radius 1 is 0.947 bits per heavy atom. The number of para-hydroxylation sites is 1. The molecule has 0 aliphatic rings. The minimum atomic E-state index is -3.88. The molecule has 0 amide bonds. The Morgan fingerprint density at radius 2 is 1.63 bits per heavy atom. The Balaban J connectivity index is 2.41. The standard InChI is InChI=1S/C12H7Cl3O3S/c13-9-6-5-8(7-10(9)14)18-11-3-1-2-4-12(11)19(15,16)17/h1-7H. The minimum absolute atomic E-state index is 0.109. The van der Waals surface area contributed by atoms with E-state index in [9.17, 15) is 8.42 Å². The van der Waals surface area contributed by atoms with E-state index in [1.54, 1.807) is 24.3 Å². The van der Waals surface area contributed by atoms with Crippen molar-refractivity contribution in [2.24, 2.45) is 0 Å². The Kier molecular flexibility index (Phi) is 4.26. The van der Waals surface area contributed by atoms with Crippen LogP contribution in [0.15, 0.2) is 47.4 Å². The molecule has 0 heterocycles. The second-order valence-electron chi connectivity index (χ2n) is 3.56. The number of hydrogen-bond acceptors (Lipinski definition) is 3. The van der Waals surface area contributed by atoms with Crippen molar-refractivity contribution >= 4 is 42.9 Å². The summed E-state index contributed by atoms with van der Waals surface area (Å²) < 4.78 is 28.3. The Hall–Kier alpha value is -0.940. The van der Waals surface area contributed by atoms with Crippen LogP contribution in [0.1, 0.15) is 0 Å². The van der Waals surface area contributed by atoms with Crippen LogP contribution in [0.5, 0.6) is 11.5 Å². The molecule has 0 aromatic heterocycles. The van der Waals surface area contributed by atoms with Crippen molar-refractivity contribution in [3.8, 4) is 11.5 Å². The summed E-state index contributed by atoms with van der Waals surface area (Å²) in [4.78, 5) is -0.109. The first kappa shape index (κ1) is 14.5. The van der Waals surface area contributed by atoms with Gasteiger partial charge in [-0.15, -0.1) is 0 Å². The summed E-state index contributed by atoms with van der Waals surface area (Å²) >= 11 is 11.6. The van der Waals surface area contributed by atoms with Gasteiger partial charge in [-0.05, 0) is 24.3 Å². The molecule has 0 aliphatic heterocycles. The second-order valence-corrected chi connectivity index (χ2v) is 6.91. The molecule has 100 valence electrons. The van der Waals surface area contributed by atoms with Gasteiger partial charge in [-0.1, -0.05) is 35.3 Å². The lowest BCUT2D eigenvalue weighted by atomic mass is 10.3. The summed E-state index contributed by atoms with van der Waals surface area (Å²) in [7, 11) is 1.45. The molecule has 0 N–H and O–H groups in total. The largest absolute Gasteiger partial charge is 0.456 e. The highest BCUT2D eigenvalue weighted by atomic mass is 35.7. The Bertz CT molecular complexity index is 714. The van der Waals surface area contributed by atoms with Crippen LogP contribution in [0, 0.1) is 0 Å². The smallest absolute Gasteiger partial charge is 0.265 e. The van der Waals surface area contributed by atoms with Crippen molar-refractivity contribution < 1.29 is 13.2 Å². The molecule has 0 atom stereocenters.